The van der Waals surface area contributed by atoms with Crippen molar-refractivity contribution in [2.24, 2.45) is 0 Å². The molecule has 0 unspecified atom stereocenters. The van der Waals surface area contributed by atoms with Crippen LogP contribution in [0.5, 0.6) is 11.5 Å². The second-order valence-electron chi connectivity index (χ2n) is 5.56. The normalized spacial score (nSPS) is 10.7. The fourth-order valence-corrected chi connectivity index (χ4v) is 2.14. The summed E-state index contributed by atoms with van der Waals surface area (Å²) in [5, 5.41) is 20.3. The molecule has 0 amide bonds. The number of carbonyl (C=O) groups is 1. The Bertz CT molecular complexity index is 752. The van der Waals surface area contributed by atoms with Crippen LogP contribution in [0, 0.1) is 0 Å². The predicted octanol–water partition coefficient (Wildman–Crippen LogP) is 4.50. The quantitative estimate of drug-likeness (QED) is 0.485. The highest BCUT2D eigenvalue weighted by Gasteiger charge is 2.10. The van der Waals surface area contributed by atoms with Crippen molar-refractivity contribution in [3.63, 3.8) is 0 Å². The molecule has 2 aromatic carbocycles. The minimum absolute atomic E-state index is 0.000360. The molecule has 0 aliphatic heterocycles. The van der Waals surface area contributed by atoms with Crippen LogP contribution in [0.15, 0.2) is 60.2 Å². The molecule has 2 N–H and O–H groups in total. The Morgan fingerprint density at radius 3 is 2.39 bits per heavy atom. The molecule has 0 heterocycles. The summed E-state index contributed by atoms with van der Waals surface area (Å²) < 4.78 is 0. The lowest BCUT2D eigenvalue weighted by molar-refractivity contribution is 0.104. The van der Waals surface area contributed by atoms with E-state index in [9.17, 15) is 15.0 Å². The van der Waals surface area contributed by atoms with E-state index in [0.29, 0.717) is 17.5 Å². The van der Waals surface area contributed by atoms with Crippen molar-refractivity contribution in [3.05, 3.63) is 76.9 Å². The fourth-order valence-electron chi connectivity index (χ4n) is 2.14. The summed E-state index contributed by atoms with van der Waals surface area (Å²) in [6, 6.07) is 12.1. The maximum atomic E-state index is 12.1. The molecule has 0 atom stereocenters. The summed E-state index contributed by atoms with van der Waals surface area (Å²) >= 11 is 0. The van der Waals surface area contributed by atoms with Crippen molar-refractivity contribution in [1.82, 2.24) is 0 Å². The molecular formula is C20H20O3. The average Bonchev–Trinajstić information content (AvgIpc) is 2.54. The van der Waals surface area contributed by atoms with Crippen LogP contribution >= 0.6 is 0 Å². The van der Waals surface area contributed by atoms with E-state index in [1.807, 2.05) is 26.0 Å². The third-order valence-corrected chi connectivity index (χ3v) is 3.47. The van der Waals surface area contributed by atoms with Crippen molar-refractivity contribution in [2.45, 2.75) is 20.3 Å². The fraction of sp³-hybridized carbons (Fsp3) is 0.150. The van der Waals surface area contributed by atoms with Gasteiger partial charge in [-0.05, 0) is 44.1 Å². The molecule has 0 aliphatic rings. The molecule has 0 aromatic heterocycles. The van der Waals surface area contributed by atoms with Gasteiger partial charge in [-0.2, -0.15) is 0 Å². The van der Waals surface area contributed by atoms with E-state index >= 15 is 0 Å². The molecule has 23 heavy (non-hydrogen) atoms. The minimum atomic E-state index is -0.181. The van der Waals surface area contributed by atoms with Crippen molar-refractivity contribution in [2.75, 3.05) is 0 Å². The Morgan fingerprint density at radius 1 is 1.04 bits per heavy atom. The number of benzene rings is 2. The Hall–Kier alpha value is -2.81. The SMILES string of the molecule is CC(C)=CCc1ccc(O)c(/C=C/C(=O)c2ccccc2)c1O. The molecule has 3 nitrogen and oxygen atoms in total. The second kappa shape index (κ2) is 7.45. The summed E-state index contributed by atoms with van der Waals surface area (Å²) in [7, 11) is 0. The number of hydrogen-bond donors (Lipinski definition) is 2. The highest BCUT2D eigenvalue weighted by molar-refractivity contribution is 6.07. The zero-order valence-electron chi connectivity index (χ0n) is 13.3. The van der Waals surface area contributed by atoms with Gasteiger partial charge >= 0.3 is 0 Å². The van der Waals surface area contributed by atoms with Crippen LogP contribution in [0.1, 0.15) is 35.3 Å². The van der Waals surface area contributed by atoms with E-state index in [-0.39, 0.29) is 22.8 Å². The van der Waals surface area contributed by atoms with Gasteiger partial charge in [0.15, 0.2) is 5.78 Å². The minimum Gasteiger partial charge on any atom is -0.507 e. The molecule has 2 rings (SSSR count). The number of phenolic OH excluding ortho intramolecular Hbond substituents is 2. The summed E-state index contributed by atoms with van der Waals surface area (Å²) in [4.78, 5) is 12.1. The lowest BCUT2D eigenvalue weighted by Gasteiger charge is -2.08. The highest BCUT2D eigenvalue weighted by Crippen LogP contribution is 2.32. The van der Waals surface area contributed by atoms with Crippen LogP contribution in [0.2, 0.25) is 0 Å². The zero-order valence-corrected chi connectivity index (χ0v) is 13.3. The molecule has 0 spiro atoms. The van der Waals surface area contributed by atoms with Gasteiger partial charge in [-0.1, -0.05) is 48.0 Å². The number of allylic oxidation sites excluding steroid dienone is 3. The lowest BCUT2D eigenvalue weighted by Crippen LogP contribution is -1.93. The second-order valence-corrected chi connectivity index (χ2v) is 5.56. The summed E-state index contributed by atoms with van der Waals surface area (Å²) in [5.74, 6) is -0.237. The number of rotatable bonds is 5. The first-order valence-electron chi connectivity index (χ1n) is 7.43. The molecule has 3 heteroatoms. The van der Waals surface area contributed by atoms with E-state index in [1.165, 1.54) is 18.2 Å². The van der Waals surface area contributed by atoms with Gasteiger partial charge in [-0.3, -0.25) is 4.79 Å². The number of ketones is 1. The predicted molar refractivity (Wildman–Crippen MR) is 92.7 cm³/mol. The van der Waals surface area contributed by atoms with Gasteiger partial charge in [0.2, 0.25) is 0 Å². The molecule has 0 fully saturated rings. The first-order valence-corrected chi connectivity index (χ1v) is 7.43. The van der Waals surface area contributed by atoms with E-state index in [2.05, 4.69) is 0 Å². The molecule has 0 aliphatic carbocycles. The standard InChI is InChI=1S/C20H20O3/c1-14(2)8-9-16-10-12-19(22)17(20(16)23)11-13-18(21)15-6-4-3-5-7-15/h3-8,10-13,22-23H,9H2,1-2H3/b13-11+. The molecule has 0 saturated carbocycles. The van der Waals surface area contributed by atoms with Gasteiger partial charge in [0.1, 0.15) is 11.5 Å². The Balaban J connectivity index is 2.28. The first-order chi connectivity index (χ1) is 11.0. The Morgan fingerprint density at radius 2 is 1.74 bits per heavy atom. The zero-order chi connectivity index (χ0) is 16.8. The summed E-state index contributed by atoms with van der Waals surface area (Å²) in [6.45, 7) is 3.97. The summed E-state index contributed by atoms with van der Waals surface area (Å²) in [5.41, 5.74) is 2.67. The van der Waals surface area contributed by atoms with Crippen LogP contribution in [0.25, 0.3) is 6.08 Å². The molecular weight excluding hydrogens is 288 g/mol. The first kappa shape index (κ1) is 16.6. The van der Waals surface area contributed by atoms with Gasteiger partial charge < -0.3 is 10.2 Å². The number of hydrogen-bond acceptors (Lipinski definition) is 3. The maximum Gasteiger partial charge on any atom is 0.185 e. The van der Waals surface area contributed by atoms with Crippen molar-refractivity contribution in [3.8, 4) is 11.5 Å². The van der Waals surface area contributed by atoms with Crippen LogP contribution in [0.3, 0.4) is 0 Å². The average molecular weight is 308 g/mol. The van der Waals surface area contributed by atoms with Crippen molar-refractivity contribution in [1.29, 1.82) is 0 Å². The number of aromatic hydroxyl groups is 2. The van der Waals surface area contributed by atoms with Crippen molar-refractivity contribution >= 4 is 11.9 Å². The summed E-state index contributed by atoms with van der Waals surface area (Å²) in [6.07, 6.45) is 5.37. The van der Waals surface area contributed by atoms with Gasteiger partial charge in [-0.25, -0.2) is 0 Å². The molecule has 118 valence electrons. The van der Waals surface area contributed by atoms with Crippen molar-refractivity contribution < 1.29 is 15.0 Å². The largest absolute Gasteiger partial charge is 0.507 e. The molecule has 0 bridgehead atoms. The van der Waals surface area contributed by atoms with E-state index in [1.54, 1.807) is 30.3 Å². The molecule has 0 saturated heterocycles. The number of carbonyl (C=O) groups excluding carboxylic acids is 1. The number of phenols is 2. The van der Waals surface area contributed by atoms with Gasteiger partial charge in [0, 0.05) is 5.56 Å². The topological polar surface area (TPSA) is 57.5 Å². The van der Waals surface area contributed by atoms with Gasteiger partial charge in [0.05, 0.1) is 5.56 Å². The van der Waals surface area contributed by atoms with Crippen LogP contribution in [-0.4, -0.2) is 16.0 Å². The van der Waals surface area contributed by atoms with E-state index in [4.69, 9.17) is 0 Å². The molecule has 0 radical (unpaired) electrons. The third-order valence-electron chi connectivity index (χ3n) is 3.47. The van der Waals surface area contributed by atoms with Crippen LogP contribution < -0.4 is 0 Å². The highest BCUT2D eigenvalue weighted by atomic mass is 16.3. The smallest absolute Gasteiger partial charge is 0.185 e. The van der Waals surface area contributed by atoms with Gasteiger partial charge in [0.25, 0.3) is 0 Å². The molecule has 2 aromatic rings. The van der Waals surface area contributed by atoms with Crippen LogP contribution in [-0.2, 0) is 6.42 Å². The Labute approximate surface area is 136 Å². The maximum absolute atomic E-state index is 12.1. The van der Waals surface area contributed by atoms with Crippen LogP contribution in [0.4, 0.5) is 0 Å². The third kappa shape index (κ3) is 4.33. The lowest BCUT2D eigenvalue weighted by atomic mass is 10.0. The Kier molecular flexibility index (Phi) is 5.36. The van der Waals surface area contributed by atoms with E-state index < -0.39 is 0 Å². The van der Waals surface area contributed by atoms with E-state index in [0.717, 1.165) is 5.57 Å². The monoisotopic (exact) mass is 308 g/mol. The van der Waals surface area contributed by atoms with Gasteiger partial charge in [-0.15, -0.1) is 0 Å².